The first kappa shape index (κ1) is 10.3. The molecule has 0 radical (unpaired) electrons. The first-order valence-electron chi connectivity index (χ1n) is 4.81. The van der Waals surface area contributed by atoms with Gasteiger partial charge in [0.15, 0.2) is 5.82 Å². The Bertz CT molecular complexity index is 448. The maximum atomic E-state index is 9.25. The van der Waals surface area contributed by atoms with Crippen molar-refractivity contribution in [3.8, 4) is 10.8 Å². The standard InChI is InChI=1S/C10H12N2O2S/c1-3-7-4-5-8(15-7)10-11-9(6(2)13)12-14-10/h4-6,13H,3H2,1-2H3. The van der Waals surface area contributed by atoms with Crippen molar-refractivity contribution in [1.82, 2.24) is 10.1 Å². The lowest BCUT2D eigenvalue weighted by Crippen LogP contribution is -1.92. The summed E-state index contributed by atoms with van der Waals surface area (Å²) in [4.78, 5) is 6.34. The molecular weight excluding hydrogens is 212 g/mol. The van der Waals surface area contributed by atoms with Crippen LogP contribution in [0.4, 0.5) is 0 Å². The highest BCUT2D eigenvalue weighted by Crippen LogP contribution is 2.27. The Morgan fingerprint density at radius 2 is 2.33 bits per heavy atom. The van der Waals surface area contributed by atoms with Crippen molar-refractivity contribution in [3.05, 3.63) is 22.8 Å². The molecule has 0 saturated carbocycles. The Labute approximate surface area is 91.6 Å². The molecule has 0 aliphatic carbocycles. The van der Waals surface area contributed by atoms with Crippen molar-refractivity contribution in [2.45, 2.75) is 26.4 Å². The zero-order valence-electron chi connectivity index (χ0n) is 8.60. The summed E-state index contributed by atoms with van der Waals surface area (Å²) in [6.07, 6.45) is 0.315. The smallest absolute Gasteiger partial charge is 0.268 e. The maximum absolute atomic E-state index is 9.25. The third-order valence-electron chi connectivity index (χ3n) is 2.04. The molecule has 2 aromatic rings. The van der Waals surface area contributed by atoms with Crippen LogP contribution in [0.3, 0.4) is 0 Å². The molecule has 1 unspecified atom stereocenters. The second kappa shape index (κ2) is 4.12. The van der Waals surface area contributed by atoms with Crippen LogP contribution in [0, 0.1) is 0 Å². The largest absolute Gasteiger partial charge is 0.385 e. The lowest BCUT2D eigenvalue weighted by atomic mass is 10.3. The Morgan fingerprint density at radius 3 is 2.87 bits per heavy atom. The zero-order valence-corrected chi connectivity index (χ0v) is 9.41. The van der Waals surface area contributed by atoms with Gasteiger partial charge in [-0.1, -0.05) is 12.1 Å². The molecule has 80 valence electrons. The van der Waals surface area contributed by atoms with Gasteiger partial charge in [-0.2, -0.15) is 4.98 Å². The topological polar surface area (TPSA) is 59.2 Å². The molecule has 0 fully saturated rings. The van der Waals surface area contributed by atoms with Crippen LogP contribution in [-0.2, 0) is 6.42 Å². The van der Waals surface area contributed by atoms with E-state index < -0.39 is 6.10 Å². The van der Waals surface area contributed by atoms with Crippen molar-refractivity contribution in [3.63, 3.8) is 0 Å². The molecule has 2 heterocycles. The molecule has 2 rings (SSSR count). The van der Waals surface area contributed by atoms with Gasteiger partial charge >= 0.3 is 0 Å². The number of aryl methyl sites for hydroxylation is 1. The molecular formula is C10H12N2O2S. The van der Waals surface area contributed by atoms with E-state index in [2.05, 4.69) is 17.1 Å². The number of thiophene rings is 1. The predicted octanol–water partition coefficient (Wildman–Crippen LogP) is 2.41. The third kappa shape index (κ3) is 2.08. The Balaban J connectivity index is 2.28. The molecule has 0 amide bonds. The minimum absolute atomic E-state index is 0.330. The fourth-order valence-electron chi connectivity index (χ4n) is 1.19. The minimum Gasteiger partial charge on any atom is -0.385 e. The number of rotatable bonds is 3. The number of aliphatic hydroxyl groups excluding tert-OH is 1. The summed E-state index contributed by atoms with van der Waals surface area (Å²) < 4.78 is 5.06. The number of hydrogen-bond acceptors (Lipinski definition) is 5. The van der Waals surface area contributed by atoms with Crippen LogP contribution in [-0.4, -0.2) is 15.2 Å². The Kier molecular flexibility index (Phi) is 2.83. The fraction of sp³-hybridized carbons (Fsp3) is 0.400. The van der Waals surface area contributed by atoms with E-state index in [-0.39, 0.29) is 0 Å². The van der Waals surface area contributed by atoms with Crippen LogP contribution in [0.5, 0.6) is 0 Å². The lowest BCUT2D eigenvalue weighted by Gasteiger charge is -1.91. The average molecular weight is 224 g/mol. The first-order chi connectivity index (χ1) is 7.20. The molecule has 1 N–H and O–H groups in total. The second-order valence-corrected chi connectivity index (χ2v) is 4.42. The average Bonchev–Trinajstić information content (AvgIpc) is 2.86. The van der Waals surface area contributed by atoms with Crippen LogP contribution in [0.2, 0.25) is 0 Å². The third-order valence-corrected chi connectivity index (χ3v) is 3.25. The maximum Gasteiger partial charge on any atom is 0.268 e. The highest BCUT2D eigenvalue weighted by molar-refractivity contribution is 7.15. The van der Waals surface area contributed by atoms with Gasteiger partial charge in [-0.15, -0.1) is 11.3 Å². The molecule has 15 heavy (non-hydrogen) atoms. The molecule has 0 saturated heterocycles. The molecule has 0 aliphatic heterocycles. The quantitative estimate of drug-likeness (QED) is 0.869. The van der Waals surface area contributed by atoms with Gasteiger partial charge in [0.2, 0.25) is 0 Å². The van der Waals surface area contributed by atoms with Crippen LogP contribution >= 0.6 is 11.3 Å². The van der Waals surface area contributed by atoms with Crippen molar-refractivity contribution in [2.24, 2.45) is 0 Å². The highest BCUT2D eigenvalue weighted by Gasteiger charge is 2.13. The normalized spacial score (nSPS) is 13.0. The summed E-state index contributed by atoms with van der Waals surface area (Å²) >= 11 is 1.63. The molecule has 0 bridgehead atoms. The van der Waals surface area contributed by atoms with Gasteiger partial charge in [0.1, 0.15) is 6.10 Å². The highest BCUT2D eigenvalue weighted by atomic mass is 32.1. The van der Waals surface area contributed by atoms with E-state index in [1.165, 1.54) is 4.88 Å². The van der Waals surface area contributed by atoms with Crippen molar-refractivity contribution in [1.29, 1.82) is 0 Å². The van der Waals surface area contributed by atoms with Gasteiger partial charge in [-0.25, -0.2) is 0 Å². The summed E-state index contributed by atoms with van der Waals surface area (Å²) in [7, 11) is 0. The molecule has 0 aromatic carbocycles. The van der Waals surface area contributed by atoms with E-state index in [9.17, 15) is 5.11 Å². The fourth-order valence-corrected chi connectivity index (χ4v) is 2.06. The SMILES string of the molecule is CCc1ccc(-c2nc(C(C)O)no2)s1. The predicted molar refractivity (Wildman–Crippen MR) is 57.6 cm³/mol. The number of nitrogens with zero attached hydrogens (tertiary/aromatic N) is 2. The number of aliphatic hydroxyl groups is 1. The Morgan fingerprint density at radius 1 is 1.53 bits per heavy atom. The van der Waals surface area contributed by atoms with Gasteiger partial charge in [-0.3, -0.25) is 0 Å². The molecule has 0 aliphatic rings. The van der Waals surface area contributed by atoms with Gasteiger partial charge < -0.3 is 9.63 Å². The molecule has 5 heteroatoms. The van der Waals surface area contributed by atoms with Crippen LogP contribution in [0.25, 0.3) is 10.8 Å². The summed E-state index contributed by atoms with van der Waals surface area (Å²) in [5.74, 6) is 0.812. The van der Waals surface area contributed by atoms with Crippen molar-refractivity contribution in [2.75, 3.05) is 0 Å². The van der Waals surface area contributed by atoms with E-state index >= 15 is 0 Å². The van der Waals surface area contributed by atoms with Crippen molar-refractivity contribution >= 4 is 11.3 Å². The van der Waals surface area contributed by atoms with Gasteiger partial charge in [-0.05, 0) is 25.5 Å². The van der Waals surface area contributed by atoms with E-state index in [4.69, 9.17) is 4.52 Å². The van der Waals surface area contributed by atoms with Crippen molar-refractivity contribution < 1.29 is 9.63 Å². The molecule has 4 nitrogen and oxygen atoms in total. The van der Waals surface area contributed by atoms with Crippen LogP contribution in [0.1, 0.15) is 30.7 Å². The van der Waals surface area contributed by atoms with E-state index in [1.54, 1.807) is 18.3 Å². The number of aromatic nitrogens is 2. The van der Waals surface area contributed by atoms with Gasteiger partial charge in [0.25, 0.3) is 5.89 Å². The molecule has 0 spiro atoms. The Hall–Kier alpha value is -1.20. The molecule has 1 atom stereocenters. The summed E-state index contributed by atoms with van der Waals surface area (Å²) in [6.45, 7) is 3.71. The van der Waals surface area contributed by atoms with E-state index in [0.29, 0.717) is 11.7 Å². The van der Waals surface area contributed by atoms with Crippen LogP contribution < -0.4 is 0 Å². The first-order valence-corrected chi connectivity index (χ1v) is 5.63. The van der Waals surface area contributed by atoms with Gasteiger partial charge in [0.05, 0.1) is 4.88 Å². The van der Waals surface area contributed by atoms with Crippen LogP contribution in [0.15, 0.2) is 16.7 Å². The van der Waals surface area contributed by atoms with E-state index in [1.807, 2.05) is 12.1 Å². The summed E-state index contributed by atoms with van der Waals surface area (Å²) in [5.41, 5.74) is 0. The lowest BCUT2D eigenvalue weighted by molar-refractivity contribution is 0.184. The summed E-state index contributed by atoms with van der Waals surface area (Å²) in [6, 6.07) is 4.01. The minimum atomic E-state index is -0.687. The van der Waals surface area contributed by atoms with E-state index in [0.717, 1.165) is 11.3 Å². The number of hydrogen-bond donors (Lipinski definition) is 1. The second-order valence-electron chi connectivity index (χ2n) is 3.25. The molecule has 2 aromatic heterocycles. The zero-order chi connectivity index (χ0) is 10.8. The monoisotopic (exact) mass is 224 g/mol. The summed E-state index contributed by atoms with van der Waals surface area (Å²) in [5, 5.41) is 13.0. The van der Waals surface area contributed by atoms with Gasteiger partial charge in [0, 0.05) is 4.88 Å².